The first-order valence-electron chi connectivity index (χ1n) is 6.77. The summed E-state index contributed by atoms with van der Waals surface area (Å²) in [4.78, 5) is 13.2. The van der Waals surface area contributed by atoms with Gasteiger partial charge >= 0.3 is 0 Å². The summed E-state index contributed by atoms with van der Waals surface area (Å²) in [6.45, 7) is 3.27. The second-order valence-corrected chi connectivity index (χ2v) is 6.00. The average Bonchev–Trinajstić information content (AvgIpc) is 2.85. The quantitative estimate of drug-likeness (QED) is 0.854. The number of aliphatic imine (C=N–C) groups is 1. The van der Waals surface area contributed by atoms with Crippen LogP contribution in [0.3, 0.4) is 0 Å². The maximum Gasteiger partial charge on any atom is 0.202 e. The van der Waals surface area contributed by atoms with Crippen LogP contribution in [0.4, 0.5) is 0 Å². The zero-order valence-electron chi connectivity index (χ0n) is 10.6. The van der Waals surface area contributed by atoms with Crippen molar-refractivity contribution < 1.29 is 4.84 Å². The molecule has 4 heterocycles. The summed E-state index contributed by atoms with van der Waals surface area (Å²) < 4.78 is 0. The fourth-order valence-corrected chi connectivity index (χ4v) is 3.46. The molecule has 1 unspecified atom stereocenters. The van der Waals surface area contributed by atoms with E-state index in [-0.39, 0.29) is 5.72 Å². The molecule has 4 aliphatic heterocycles. The standard InChI is InChI=1S/C14H16ClN3O/c15-12-3-1-10(2-4-12)13-16-14(19-17-13)9-18-7-5-11(14)6-8-18/h1-4,11H,5-9H2,(H,16,17). The summed E-state index contributed by atoms with van der Waals surface area (Å²) in [5, 5.41) is 0.737. The maximum atomic E-state index is 5.91. The first-order valence-corrected chi connectivity index (χ1v) is 7.15. The van der Waals surface area contributed by atoms with Gasteiger partial charge in [0.15, 0.2) is 5.84 Å². The molecule has 5 heteroatoms. The molecule has 5 rings (SSSR count). The highest BCUT2D eigenvalue weighted by atomic mass is 35.5. The van der Waals surface area contributed by atoms with E-state index in [1.54, 1.807) is 0 Å². The molecule has 19 heavy (non-hydrogen) atoms. The summed E-state index contributed by atoms with van der Waals surface area (Å²) in [5.41, 5.74) is 3.67. The van der Waals surface area contributed by atoms with Crippen molar-refractivity contribution in [3.05, 3.63) is 34.9 Å². The van der Waals surface area contributed by atoms with Crippen LogP contribution in [-0.4, -0.2) is 36.1 Å². The molecule has 4 nitrogen and oxygen atoms in total. The fourth-order valence-electron chi connectivity index (χ4n) is 3.34. The lowest BCUT2D eigenvalue weighted by Crippen LogP contribution is -2.58. The minimum atomic E-state index is -0.370. The topological polar surface area (TPSA) is 36.9 Å². The van der Waals surface area contributed by atoms with Crippen molar-refractivity contribution in [3.63, 3.8) is 0 Å². The summed E-state index contributed by atoms with van der Waals surface area (Å²) in [7, 11) is 0. The molecule has 1 atom stereocenters. The summed E-state index contributed by atoms with van der Waals surface area (Å²) >= 11 is 5.91. The van der Waals surface area contributed by atoms with E-state index in [2.05, 4.69) is 10.4 Å². The number of hydrogen-bond donors (Lipinski definition) is 1. The van der Waals surface area contributed by atoms with Crippen LogP contribution in [-0.2, 0) is 4.84 Å². The second kappa shape index (κ2) is 4.20. The Balaban J connectivity index is 1.65. The summed E-state index contributed by atoms with van der Waals surface area (Å²) in [6, 6.07) is 7.70. The van der Waals surface area contributed by atoms with Crippen LogP contribution in [0.1, 0.15) is 18.4 Å². The number of hydroxylamine groups is 1. The van der Waals surface area contributed by atoms with Gasteiger partial charge < -0.3 is 0 Å². The van der Waals surface area contributed by atoms with Gasteiger partial charge in [-0.25, -0.2) is 15.3 Å². The Labute approximate surface area is 117 Å². The van der Waals surface area contributed by atoms with Crippen LogP contribution in [0.2, 0.25) is 5.02 Å². The van der Waals surface area contributed by atoms with Gasteiger partial charge in [-0.3, -0.25) is 4.90 Å². The summed E-state index contributed by atoms with van der Waals surface area (Å²) in [5.74, 6) is 1.36. The molecule has 0 radical (unpaired) electrons. The first kappa shape index (κ1) is 11.7. The number of nitrogens with one attached hydrogen (secondary N) is 1. The van der Waals surface area contributed by atoms with Gasteiger partial charge in [-0.05, 0) is 50.2 Å². The van der Waals surface area contributed by atoms with Gasteiger partial charge in [0, 0.05) is 16.5 Å². The predicted molar refractivity (Wildman–Crippen MR) is 74.1 cm³/mol. The Bertz CT molecular complexity index is 522. The molecule has 1 aromatic rings. The molecule has 0 aromatic heterocycles. The first-order chi connectivity index (χ1) is 9.25. The molecule has 0 aliphatic carbocycles. The molecular weight excluding hydrogens is 262 g/mol. The third kappa shape index (κ3) is 1.86. The van der Waals surface area contributed by atoms with Gasteiger partial charge in [-0.2, -0.15) is 0 Å². The fraction of sp³-hybridized carbons (Fsp3) is 0.500. The van der Waals surface area contributed by atoms with Crippen LogP contribution >= 0.6 is 11.6 Å². The van der Waals surface area contributed by atoms with Crippen LogP contribution in [0.15, 0.2) is 29.3 Å². The third-order valence-corrected chi connectivity index (χ3v) is 4.67. The van der Waals surface area contributed by atoms with Crippen molar-refractivity contribution in [2.24, 2.45) is 10.9 Å². The van der Waals surface area contributed by atoms with E-state index in [4.69, 9.17) is 21.4 Å². The summed E-state index contributed by atoms with van der Waals surface area (Å²) in [6.07, 6.45) is 2.36. The number of rotatable bonds is 1. The average molecular weight is 278 g/mol. The normalized spacial score (nSPS) is 36.4. The van der Waals surface area contributed by atoms with Crippen molar-refractivity contribution in [1.29, 1.82) is 0 Å². The van der Waals surface area contributed by atoms with Crippen LogP contribution in [0.25, 0.3) is 0 Å². The van der Waals surface area contributed by atoms with Gasteiger partial charge in [0.25, 0.3) is 0 Å². The Kier molecular flexibility index (Phi) is 2.59. The van der Waals surface area contributed by atoms with Gasteiger partial charge in [-0.1, -0.05) is 11.6 Å². The number of fused-ring (bicyclic) bond motifs is 2. The second-order valence-electron chi connectivity index (χ2n) is 5.57. The van der Waals surface area contributed by atoms with E-state index in [0.717, 1.165) is 23.0 Å². The van der Waals surface area contributed by atoms with Crippen LogP contribution in [0, 0.1) is 5.92 Å². The van der Waals surface area contributed by atoms with Gasteiger partial charge in [0.1, 0.15) is 0 Å². The minimum Gasteiger partial charge on any atom is -0.298 e. The maximum absolute atomic E-state index is 5.91. The minimum absolute atomic E-state index is 0.370. The zero-order chi connectivity index (χ0) is 12.9. The van der Waals surface area contributed by atoms with E-state index in [1.165, 1.54) is 25.9 Å². The third-order valence-electron chi connectivity index (χ3n) is 4.42. The highest BCUT2D eigenvalue weighted by molar-refractivity contribution is 6.30. The Morgan fingerprint density at radius 2 is 2.00 bits per heavy atom. The number of benzene rings is 1. The number of nitrogens with zero attached hydrogens (tertiary/aromatic N) is 2. The van der Waals surface area contributed by atoms with Crippen molar-refractivity contribution in [3.8, 4) is 0 Å². The molecule has 0 saturated carbocycles. The Hall–Kier alpha value is -1.10. The number of piperidine rings is 3. The van der Waals surface area contributed by atoms with Crippen molar-refractivity contribution in [2.45, 2.75) is 18.6 Å². The van der Waals surface area contributed by atoms with E-state index in [9.17, 15) is 0 Å². The predicted octanol–water partition coefficient (Wildman–Crippen LogP) is 2.04. The molecular formula is C14H16ClN3O. The monoisotopic (exact) mass is 277 g/mol. The highest BCUT2D eigenvalue weighted by Crippen LogP contribution is 2.40. The molecule has 3 saturated heterocycles. The molecule has 100 valence electrons. The molecule has 4 aliphatic rings. The Morgan fingerprint density at radius 1 is 1.26 bits per heavy atom. The lowest BCUT2D eigenvalue weighted by atomic mass is 9.81. The van der Waals surface area contributed by atoms with E-state index in [1.807, 2.05) is 24.3 Å². The van der Waals surface area contributed by atoms with Gasteiger partial charge in [0.05, 0.1) is 6.54 Å². The number of hydrogen-bond acceptors (Lipinski definition) is 4. The largest absolute Gasteiger partial charge is 0.298 e. The van der Waals surface area contributed by atoms with Gasteiger partial charge in [-0.15, -0.1) is 0 Å². The van der Waals surface area contributed by atoms with E-state index in [0.29, 0.717) is 5.92 Å². The van der Waals surface area contributed by atoms with Crippen molar-refractivity contribution in [2.75, 3.05) is 19.6 Å². The molecule has 1 N–H and O–H groups in total. The lowest BCUT2D eigenvalue weighted by Gasteiger charge is -2.47. The smallest absolute Gasteiger partial charge is 0.202 e. The molecule has 2 bridgehead atoms. The van der Waals surface area contributed by atoms with Crippen LogP contribution in [0.5, 0.6) is 0 Å². The van der Waals surface area contributed by atoms with Crippen molar-refractivity contribution in [1.82, 2.24) is 10.4 Å². The molecule has 1 aromatic carbocycles. The highest BCUT2D eigenvalue weighted by Gasteiger charge is 2.51. The Morgan fingerprint density at radius 3 is 2.63 bits per heavy atom. The van der Waals surface area contributed by atoms with E-state index < -0.39 is 0 Å². The zero-order valence-corrected chi connectivity index (χ0v) is 11.4. The van der Waals surface area contributed by atoms with Crippen molar-refractivity contribution >= 4 is 17.4 Å². The molecule has 0 amide bonds. The van der Waals surface area contributed by atoms with E-state index >= 15 is 0 Å². The van der Waals surface area contributed by atoms with Crippen LogP contribution < -0.4 is 5.48 Å². The molecule has 3 fully saturated rings. The number of amidine groups is 1. The lowest BCUT2D eigenvalue weighted by molar-refractivity contribution is -0.155. The SMILES string of the molecule is Clc1ccc(C2=NC3(CN4CCC3CC4)ON2)cc1. The number of halogens is 1. The molecule has 1 spiro atoms. The van der Waals surface area contributed by atoms with Gasteiger partial charge in [0.2, 0.25) is 5.72 Å².